The van der Waals surface area contributed by atoms with Crippen LogP contribution in [0.5, 0.6) is 0 Å². The molecular weight excluding hydrogens is 364 g/mol. The molecule has 1 N–H and O–H groups in total. The van der Waals surface area contributed by atoms with Gasteiger partial charge in [0, 0.05) is 5.92 Å². The fourth-order valence-corrected chi connectivity index (χ4v) is 6.24. The maximum Gasteiger partial charge on any atom is 0.164 e. The van der Waals surface area contributed by atoms with Crippen LogP contribution < -0.4 is 0 Å². The van der Waals surface area contributed by atoms with Crippen molar-refractivity contribution in [2.45, 2.75) is 69.7 Å². The third kappa shape index (κ3) is 2.52. The lowest BCUT2D eigenvalue weighted by Gasteiger charge is -2.55. The number of ketones is 2. The molecule has 0 spiro atoms. The molecule has 0 unspecified atom stereocenters. The number of aryl methyl sites for hydroxylation is 1. The number of carbonyl (C=O) groups is 2. The fraction of sp³-hybridized carbons (Fsp3) is 0.520. The van der Waals surface area contributed by atoms with Crippen LogP contribution in [-0.2, 0) is 20.7 Å². The van der Waals surface area contributed by atoms with E-state index in [1.54, 1.807) is 19.1 Å². The molecule has 5 rings (SSSR count). The van der Waals surface area contributed by atoms with Crippen molar-refractivity contribution in [3.63, 3.8) is 0 Å². The van der Waals surface area contributed by atoms with Crippen molar-refractivity contribution in [3.05, 3.63) is 59.2 Å². The van der Waals surface area contributed by atoms with E-state index in [2.05, 4.69) is 25.1 Å². The largest absolute Gasteiger partial charge is 0.386 e. The number of allylic oxidation sites excluding steroid dienone is 3. The summed E-state index contributed by atoms with van der Waals surface area (Å²) < 4.78 is 6.05. The monoisotopic (exact) mass is 392 g/mol. The van der Waals surface area contributed by atoms with Crippen LogP contribution in [0.3, 0.4) is 0 Å². The molecule has 1 aromatic rings. The Hall–Kier alpha value is -2.04. The molecule has 0 amide bonds. The summed E-state index contributed by atoms with van der Waals surface area (Å²) in [5.74, 6) is 0.511. The average Bonchev–Trinajstić information content (AvgIpc) is 3.50. The highest BCUT2D eigenvalue weighted by Crippen LogP contribution is 2.66. The minimum atomic E-state index is -1.09. The Balaban J connectivity index is 1.52. The van der Waals surface area contributed by atoms with E-state index < -0.39 is 11.0 Å². The number of rotatable bonds is 3. The summed E-state index contributed by atoms with van der Waals surface area (Å²) in [7, 11) is 0. The smallest absolute Gasteiger partial charge is 0.164 e. The maximum absolute atomic E-state index is 13.0. The number of benzene rings is 1. The molecule has 4 nitrogen and oxygen atoms in total. The number of fused-ring (bicyclic) bond motifs is 8. The lowest BCUT2D eigenvalue weighted by Crippen LogP contribution is -2.65. The summed E-state index contributed by atoms with van der Waals surface area (Å²) in [5, 5.41) is 11.5. The van der Waals surface area contributed by atoms with Gasteiger partial charge in [-0.3, -0.25) is 9.59 Å². The van der Waals surface area contributed by atoms with Gasteiger partial charge >= 0.3 is 0 Å². The predicted octanol–water partition coefficient (Wildman–Crippen LogP) is 3.63. The zero-order valence-corrected chi connectivity index (χ0v) is 17.2. The zero-order chi connectivity index (χ0) is 20.6. The molecule has 2 fully saturated rings. The topological polar surface area (TPSA) is 66.9 Å². The van der Waals surface area contributed by atoms with Gasteiger partial charge in [0.15, 0.2) is 11.6 Å². The molecule has 4 heteroatoms. The fourth-order valence-electron chi connectivity index (χ4n) is 6.24. The minimum absolute atomic E-state index is 0.00249. The molecule has 1 saturated heterocycles. The van der Waals surface area contributed by atoms with Gasteiger partial charge in [-0.05, 0) is 73.8 Å². The van der Waals surface area contributed by atoms with E-state index in [-0.39, 0.29) is 41.5 Å². The SMILES string of the molecule is CC(=O)/C=C/[C@@H](C)c1ccc2c(c1)CC[C@H]1[C@H]2[C@@H]2O[C@@H]2[C@@]2(O)CC=CC(=O)[C@]12C. The number of hydrogen-bond donors (Lipinski definition) is 1. The number of ether oxygens (including phenoxy) is 1. The Kier molecular flexibility index (Phi) is 4.07. The lowest BCUT2D eigenvalue weighted by molar-refractivity contribution is -0.164. The van der Waals surface area contributed by atoms with Gasteiger partial charge in [0.1, 0.15) is 11.7 Å². The van der Waals surface area contributed by atoms with Crippen molar-refractivity contribution in [1.82, 2.24) is 0 Å². The van der Waals surface area contributed by atoms with Crippen molar-refractivity contribution >= 4 is 11.6 Å². The second kappa shape index (κ2) is 6.23. The number of carbonyl (C=O) groups excluding carboxylic acids is 2. The van der Waals surface area contributed by atoms with Gasteiger partial charge in [-0.15, -0.1) is 0 Å². The number of hydrogen-bond acceptors (Lipinski definition) is 4. The molecule has 4 aliphatic rings. The van der Waals surface area contributed by atoms with E-state index >= 15 is 0 Å². The van der Waals surface area contributed by atoms with Crippen LogP contribution in [0.2, 0.25) is 0 Å². The Bertz CT molecular complexity index is 960. The Morgan fingerprint density at radius 2 is 2.17 bits per heavy atom. The van der Waals surface area contributed by atoms with Crippen LogP contribution in [-0.4, -0.2) is 34.5 Å². The summed E-state index contributed by atoms with van der Waals surface area (Å²) >= 11 is 0. The summed E-state index contributed by atoms with van der Waals surface area (Å²) in [6.45, 7) is 5.62. The third-order valence-corrected chi connectivity index (χ3v) is 8.03. The Morgan fingerprint density at radius 1 is 1.38 bits per heavy atom. The van der Waals surface area contributed by atoms with E-state index in [0.717, 1.165) is 12.8 Å². The molecule has 1 heterocycles. The van der Waals surface area contributed by atoms with Gasteiger partial charge in [-0.1, -0.05) is 37.3 Å². The molecule has 0 bridgehead atoms. The highest BCUT2D eigenvalue weighted by atomic mass is 16.6. The predicted molar refractivity (Wildman–Crippen MR) is 110 cm³/mol. The third-order valence-electron chi connectivity index (χ3n) is 8.03. The van der Waals surface area contributed by atoms with Crippen molar-refractivity contribution < 1.29 is 19.4 Å². The van der Waals surface area contributed by atoms with Gasteiger partial charge in [0.25, 0.3) is 0 Å². The van der Waals surface area contributed by atoms with Gasteiger partial charge in [-0.25, -0.2) is 0 Å². The molecule has 1 aromatic carbocycles. The Labute approximate surface area is 171 Å². The van der Waals surface area contributed by atoms with Gasteiger partial charge in [-0.2, -0.15) is 0 Å². The molecule has 152 valence electrons. The van der Waals surface area contributed by atoms with Gasteiger partial charge < -0.3 is 9.84 Å². The van der Waals surface area contributed by atoms with Gasteiger partial charge in [0.05, 0.1) is 11.5 Å². The lowest BCUT2D eigenvalue weighted by atomic mass is 9.48. The number of aliphatic hydroxyl groups is 1. The molecule has 0 radical (unpaired) electrons. The van der Waals surface area contributed by atoms with Crippen LogP contribution in [0.1, 0.15) is 62.1 Å². The maximum atomic E-state index is 13.0. The van der Waals surface area contributed by atoms with E-state index in [1.165, 1.54) is 16.7 Å². The van der Waals surface area contributed by atoms with Crippen molar-refractivity contribution in [2.24, 2.45) is 11.3 Å². The van der Waals surface area contributed by atoms with Crippen LogP contribution in [0.15, 0.2) is 42.5 Å². The summed E-state index contributed by atoms with van der Waals surface area (Å²) in [6, 6.07) is 6.58. The first-order valence-corrected chi connectivity index (χ1v) is 10.7. The standard InChI is InChI=1S/C25H28O4/c1-14(6-7-15(2)26)16-8-10-18-17(13-16)9-11-19-21(18)22-23(29-22)25(28)12-4-5-20(27)24(19,25)3/h4-8,10,13-14,19,21-23,28H,9,11-12H2,1-3H3/b7-6+/t14-,19+,21+,22+,23+,24+,25+/m1/s1. The second-order valence-electron chi connectivity index (χ2n) is 9.51. The quantitative estimate of drug-likeness (QED) is 0.630. The first kappa shape index (κ1) is 19.0. The molecular formula is C25H28O4. The first-order chi connectivity index (χ1) is 13.8. The van der Waals surface area contributed by atoms with Crippen LogP contribution in [0.25, 0.3) is 0 Å². The van der Waals surface area contributed by atoms with E-state index in [1.807, 2.05) is 19.1 Å². The summed E-state index contributed by atoms with van der Waals surface area (Å²) in [4.78, 5) is 24.3. The van der Waals surface area contributed by atoms with Gasteiger partial charge in [0.2, 0.25) is 0 Å². The highest BCUT2D eigenvalue weighted by Gasteiger charge is 2.74. The van der Waals surface area contributed by atoms with E-state index in [0.29, 0.717) is 6.42 Å². The summed E-state index contributed by atoms with van der Waals surface area (Å²) in [5.41, 5.74) is 1.90. The first-order valence-electron chi connectivity index (χ1n) is 10.7. The molecule has 1 aliphatic heterocycles. The summed E-state index contributed by atoms with van der Waals surface area (Å²) in [6.07, 6.45) is 9.06. The minimum Gasteiger partial charge on any atom is -0.386 e. The molecule has 29 heavy (non-hydrogen) atoms. The normalized spacial score (nSPS) is 40.6. The van der Waals surface area contributed by atoms with Crippen molar-refractivity contribution in [3.8, 4) is 0 Å². The van der Waals surface area contributed by atoms with E-state index in [4.69, 9.17) is 4.74 Å². The van der Waals surface area contributed by atoms with E-state index in [9.17, 15) is 14.7 Å². The number of epoxide rings is 1. The zero-order valence-electron chi connectivity index (χ0n) is 17.2. The van der Waals surface area contributed by atoms with Crippen molar-refractivity contribution in [2.75, 3.05) is 0 Å². The van der Waals surface area contributed by atoms with Crippen LogP contribution in [0.4, 0.5) is 0 Å². The second-order valence-corrected chi connectivity index (χ2v) is 9.51. The Morgan fingerprint density at radius 3 is 2.93 bits per heavy atom. The van der Waals surface area contributed by atoms with Crippen molar-refractivity contribution in [1.29, 1.82) is 0 Å². The average molecular weight is 392 g/mol. The van der Waals surface area contributed by atoms with Crippen LogP contribution >= 0.6 is 0 Å². The van der Waals surface area contributed by atoms with Crippen LogP contribution in [0, 0.1) is 11.3 Å². The molecule has 3 aliphatic carbocycles. The molecule has 7 atom stereocenters. The molecule has 0 aromatic heterocycles. The highest BCUT2D eigenvalue weighted by molar-refractivity contribution is 5.97. The molecule has 1 saturated carbocycles.